The lowest BCUT2D eigenvalue weighted by Crippen LogP contribution is -2.29. The van der Waals surface area contributed by atoms with E-state index in [0.717, 1.165) is 63.7 Å². The molecule has 0 aromatic carbocycles. The topological polar surface area (TPSA) is 210 Å². The maximum Gasteiger partial charge on any atom is 0.472 e. The molecule has 0 spiro atoms. The molecule has 0 bridgehead atoms. The standard InChI is InChI=1S/C47H89O13P/c1-4-5-21-27-39(49)31-32-43-42(44(51)33-45(43)52)28-23-19-20-24-29-46(53)57-36-41(37-59-61(55,56)58-35-40(50)34-48)60-47(54)30-25-18-16-14-12-10-8-6-7-9-11-13-15-17-22-26-38(2)3/h31-32,38-45,48-52H,4-30,33-37H2,1-3H3,(H,55,56)/b32-31+/t39-,40-,41+,42+,43+,44-,45+/m0/s1. The first-order valence-electron chi connectivity index (χ1n) is 24.3. The number of hydrogen-bond donors (Lipinski definition) is 6. The molecule has 0 heterocycles. The van der Waals surface area contributed by atoms with Crippen LogP contribution in [-0.2, 0) is 32.7 Å². The first kappa shape index (κ1) is 57.6. The Kier molecular flexibility index (Phi) is 34.8. The number of phosphoric acid groups is 1. The molecule has 1 aliphatic carbocycles. The lowest BCUT2D eigenvalue weighted by atomic mass is 9.88. The quantitative estimate of drug-likeness (QED) is 0.0146. The summed E-state index contributed by atoms with van der Waals surface area (Å²) in [5.74, 6) is -0.547. The highest BCUT2D eigenvalue weighted by Crippen LogP contribution is 2.43. The van der Waals surface area contributed by atoms with E-state index >= 15 is 0 Å². The lowest BCUT2D eigenvalue weighted by molar-refractivity contribution is -0.161. The van der Waals surface area contributed by atoms with Crippen molar-refractivity contribution in [1.82, 2.24) is 0 Å². The Labute approximate surface area is 369 Å². The van der Waals surface area contributed by atoms with Crippen LogP contribution in [0, 0.1) is 17.8 Å². The molecule has 6 N–H and O–H groups in total. The van der Waals surface area contributed by atoms with Crippen LogP contribution in [0.25, 0.3) is 0 Å². The van der Waals surface area contributed by atoms with Crippen LogP contribution >= 0.6 is 7.82 Å². The molecular weight excluding hydrogens is 803 g/mol. The van der Waals surface area contributed by atoms with Crippen molar-refractivity contribution in [3.63, 3.8) is 0 Å². The van der Waals surface area contributed by atoms with Crippen molar-refractivity contribution in [3.8, 4) is 0 Å². The van der Waals surface area contributed by atoms with Gasteiger partial charge in [0, 0.05) is 25.2 Å². The van der Waals surface area contributed by atoms with Crippen LogP contribution in [0.15, 0.2) is 12.2 Å². The molecule has 61 heavy (non-hydrogen) atoms. The molecule has 13 nitrogen and oxygen atoms in total. The summed E-state index contributed by atoms with van der Waals surface area (Å²) < 4.78 is 32.8. The van der Waals surface area contributed by atoms with Crippen molar-refractivity contribution in [2.24, 2.45) is 17.8 Å². The van der Waals surface area contributed by atoms with Crippen molar-refractivity contribution in [2.75, 3.05) is 26.4 Å². The molecule has 8 atom stereocenters. The molecule has 1 unspecified atom stereocenters. The van der Waals surface area contributed by atoms with Gasteiger partial charge in [-0.1, -0.05) is 168 Å². The zero-order valence-electron chi connectivity index (χ0n) is 38.4. The molecule has 0 aromatic heterocycles. The van der Waals surface area contributed by atoms with Crippen LogP contribution in [0.4, 0.5) is 0 Å². The van der Waals surface area contributed by atoms with Gasteiger partial charge in [0.25, 0.3) is 0 Å². The average molecular weight is 893 g/mol. The van der Waals surface area contributed by atoms with Crippen LogP contribution in [0.1, 0.15) is 201 Å². The minimum absolute atomic E-state index is 0.0984. The van der Waals surface area contributed by atoms with Crippen LogP contribution in [-0.4, -0.2) is 99.3 Å². The smallest absolute Gasteiger partial charge is 0.462 e. The number of unbranched alkanes of at least 4 members (excludes halogenated alkanes) is 19. The summed E-state index contributed by atoms with van der Waals surface area (Å²) in [4.78, 5) is 35.3. The highest BCUT2D eigenvalue weighted by molar-refractivity contribution is 7.47. The molecule has 1 fully saturated rings. The van der Waals surface area contributed by atoms with Gasteiger partial charge in [0.05, 0.1) is 38.1 Å². The van der Waals surface area contributed by atoms with Crippen molar-refractivity contribution in [2.45, 2.75) is 231 Å². The fraction of sp³-hybridized carbons (Fsp3) is 0.915. The van der Waals surface area contributed by atoms with E-state index in [-0.39, 0.29) is 31.3 Å². The summed E-state index contributed by atoms with van der Waals surface area (Å²) in [6, 6.07) is 0. The van der Waals surface area contributed by atoms with Crippen LogP contribution < -0.4 is 0 Å². The number of carbonyl (C=O) groups is 2. The minimum Gasteiger partial charge on any atom is -0.462 e. The number of hydrogen-bond acceptors (Lipinski definition) is 12. The Morgan fingerprint density at radius 1 is 0.672 bits per heavy atom. The Hall–Kier alpha value is -1.41. The first-order valence-corrected chi connectivity index (χ1v) is 25.8. The van der Waals surface area contributed by atoms with E-state index in [9.17, 15) is 39.5 Å². The van der Waals surface area contributed by atoms with Gasteiger partial charge in [0.2, 0.25) is 0 Å². The average Bonchev–Trinajstić information content (AvgIpc) is 3.49. The van der Waals surface area contributed by atoms with Gasteiger partial charge in [-0.3, -0.25) is 18.6 Å². The van der Waals surface area contributed by atoms with E-state index in [4.69, 9.17) is 23.6 Å². The molecule has 0 radical (unpaired) electrons. The van der Waals surface area contributed by atoms with Gasteiger partial charge >= 0.3 is 19.8 Å². The number of aliphatic hydroxyl groups excluding tert-OH is 5. The zero-order chi connectivity index (χ0) is 45.1. The normalized spacial score (nSPS) is 20.6. The summed E-state index contributed by atoms with van der Waals surface area (Å²) in [6.45, 7) is 4.41. The van der Waals surface area contributed by atoms with Gasteiger partial charge in [-0.25, -0.2) is 4.57 Å². The molecule has 0 saturated heterocycles. The lowest BCUT2D eigenvalue weighted by Gasteiger charge is -2.21. The third-order valence-corrected chi connectivity index (χ3v) is 12.6. The van der Waals surface area contributed by atoms with Crippen LogP contribution in [0.2, 0.25) is 0 Å². The fourth-order valence-corrected chi connectivity index (χ4v) is 8.71. The van der Waals surface area contributed by atoms with E-state index in [2.05, 4.69) is 20.8 Å². The molecule has 1 aliphatic rings. The van der Waals surface area contributed by atoms with Crippen molar-refractivity contribution in [3.05, 3.63) is 12.2 Å². The second-order valence-corrected chi connectivity index (χ2v) is 19.4. The van der Waals surface area contributed by atoms with E-state index in [1.165, 1.54) is 77.0 Å². The maximum absolute atomic E-state index is 12.7. The highest BCUT2D eigenvalue weighted by atomic mass is 31.2. The van der Waals surface area contributed by atoms with Crippen LogP contribution in [0.5, 0.6) is 0 Å². The van der Waals surface area contributed by atoms with E-state index < -0.39 is 70.1 Å². The largest absolute Gasteiger partial charge is 0.472 e. The molecule has 1 saturated carbocycles. The molecule has 0 aliphatic heterocycles. The van der Waals surface area contributed by atoms with Crippen molar-refractivity contribution < 1.29 is 63.1 Å². The fourth-order valence-electron chi connectivity index (χ4n) is 7.92. The van der Waals surface area contributed by atoms with E-state index in [1.807, 2.05) is 6.08 Å². The summed E-state index contributed by atoms with van der Waals surface area (Å²) in [5, 5.41) is 49.8. The van der Waals surface area contributed by atoms with Gasteiger partial charge in [0.1, 0.15) is 12.7 Å². The van der Waals surface area contributed by atoms with Gasteiger partial charge in [-0.15, -0.1) is 0 Å². The number of esters is 2. The number of phosphoric ester groups is 1. The molecule has 1 rings (SSSR count). The van der Waals surface area contributed by atoms with Crippen molar-refractivity contribution >= 4 is 19.8 Å². The second kappa shape index (κ2) is 36.9. The SMILES string of the molecule is CCCCC[C@H](O)/C=C/[C@@H]1[C@@H](CCCCCCC(=O)OC[C@H](COP(=O)(O)OC[C@@H](O)CO)OC(=O)CCCCCCCCCCCCCCCCCC(C)C)[C@@H](O)C[C@H]1O. The predicted octanol–water partition coefficient (Wildman–Crippen LogP) is 9.41. The Morgan fingerprint density at radius 2 is 1.18 bits per heavy atom. The number of ether oxygens (including phenoxy) is 2. The highest BCUT2D eigenvalue weighted by Gasteiger charge is 2.39. The monoisotopic (exact) mass is 893 g/mol. The molecule has 0 aromatic rings. The number of carbonyl (C=O) groups excluding carboxylic acids is 2. The second-order valence-electron chi connectivity index (χ2n) is 17.9. The Morgan fingerprint density at radius 3 is 1.74 bits per heavy atom. The third-order valence-electron chi connectivity index (χ3n) is 11.7. The molecule has 14 heteroatoms. The van der Waals surface area contributed by atoms with Gasteiger partial charge in [0.15, 0.2) is 6.10 Å². The van der Waals surface area contributed by atoms with E-state index in [0.29, 0.717) is 32.1 Å². The zero-order valence-corrected chi connectivity index (χ0v) is 39.3. The summed E-state index contributed by atoms with van der Waals surface area (Å²) in [5.41, 5.74) is 0. The molecular formula is C47H89O13P. The van der Waals surface area contributed by atoms with Crippen molar-refractivity contribution in [1.29, 1.82) is 0 Å². The Bertz CT molecular complexity index is 1150. The predicted molar refractivity (Wildman–Crippen MR) is 240 cm³/mol. The third kappa shape index (κ3) is 32.0. The molecule has 360 valence electrons. The summed E-state index contributed by atoms with van der Waals surface area (Å²) in [7, 11) is -4.67. The van der Waals surface area contributed by atoms with Gasteiger partial charge in [-0.05, 0) is 37.5 Å². The van der Waals surface area contributed by atoms with Gasteiger partial charge in [-0.2, -0.15) is 0 Å². The molecule has 0 amide bonds. The Balaban J connectivity index is 2.37. The minimum atomic E-state index is -4.67. The summed E-state index contributed by atoms with van der Waals surface area (Å²) in [6.07, 6.45) is 26.7. The van der Waals surface area contributed by atoms with Crippen LogP contribution in [0.3, 0.4) is 0 Å². The van der Waals surface area contributed by atoms with Gasteiger partial charge < -0.3 is 39.9 Å². The first-order chi connectivity index (χ1) is 29.3. The summed E-state index contributed by atoms with van der Waals surface area (Å²) >= 11 is 0. The number of aliphatic hydroxyl groups is 5. The maximum atomic E-state index is 12.7. The number of rotatable bonds is 41. The van der Waals surface area contributed by atoms with E-state index in [1.54, 1.807) is 6.08 Å².